The van der Waals surface area contributed by atoms with E-state index in [1.165, 1.54) is 16.7 Å². The summed E-state index contributed by atoms with van der Waals surface area (Å²) in [4.78, 5) is 0. The van der Waals surface area contributed by atoms with Gasteiger partial charge in [-0.1, -0.05) is 107 Å². The van der Waals surface area contributed by atoms with E-state index in [1.807, 2.05) is 0 Å². The minimum atomic E-state index is 0.0138. The predicted molar refractivity (Wildman–Crippen MR) is 107 cm³/mol. The molecule has 0 saturated carbocycles. The second kappa shape index (κ2) is 8.30. The molecule has 0 nitrogen and oxygen atoms in total. The van der Waals surface area contributed by atoms with Crippen molar-refractivity contribution in [2.24, 2.45) is 0 Å². The first-order valence-corrected chi connectivity index (χ1v) is 9.38. The largest absolute Gasteiger partial charge is 0.0801 e. The van der Waals surface area contributed by atoms with Crippen molar-refractivity contribution in [2.45, 2.75) is 30.0 Å². The van der Waals surface area contributed by atoms with Gasteiger partial charge in [0.15, 0.2) is 0 Å². The molecule has 0 heterocycles. The highest BCUT2D eigenvalue weighted by Crippen LogP contribution is 2.40. The zero-order valence-corrected chi connectivity index (χ0v) is 15.5. The van der Waals surface area contributed by atoms with E-state index in [4.69, 9.17) is 0 Å². The van der Waals surface area contributed by atoms with Crippen molar-refractivity contribution in [1.82, 2.24) is 0 Å². The molecule has 0 amide bonds. The summed E-state index contributed by atoms with van der Waals surface area (Å²) in [5.41, 5.74) is 4.17. The molecule has 0 atom stereocenters. The maximum absolute atomic E-state index is 4.11. The third kappa shape index (κ3) is 4.58. The molecule has 0 saturated heterocycles. The molecule has 0 N–H and O–H groups in total. The van der Waals surface area contributed by atoms with Crippen molar-refractivity contribution in [3.8, 4) is 0 Å². The molecule has 0 fully saturated rings. The first-order valence-electron chi connectivity index (χ1n) is 8.59. The number of hydrogen-bond acceptors (Lipinski definition) is 0. The van der Waals surface area contributed by atoms with E-state index in [1.54, 1.807) is 0 Å². The summed E-state index contributed by atoms with van der Waals surface area (Å²) in [7, 11) is 0. The number of benzene rings is 3. The van der Waals surface area contributed by atoms with Crippen LogP contribution in [0.2, 0.25) is 0 Å². The maximum Gasteiger partial charge on any atom is 0.0512 e. The second-order valence-electron chi connectivity index (χ2n) is 6.30. The average molecular weight is 379 g/mol. The topological polar surface area (TPSA) is 0 Å². The van der Waals surface area contributed by atoms with Gasteiger partial charge >= 0.3 is 0 Å². The molecule has 3 aromatic carbocycles. The molecule has 0 unspecified atom stereocenters. The number of aryl methyl sites for hydroxylation is 2. The summed E-state index contributed by atoms with van der Waals surface area (Å²) in [6.45, 7) is 0. The Morgan fingerprint density at radius 3 is 1.33 bits per heavy atom. The van der Waals surface area contributed by atoms with Crippen molar-refractivity contribution in [3.05, 3.63) is 108 Å². The highest BCUT2D eigenvalue weighted by Gasteiger charge is 2.28. The zero-order valence-electron chi connectivity index (χ0n) is 13.9. The molecule has 122 valence electrons. The first kappa shape index (κ1) is 17.0. The van der Waals surface area contributed by atoms with E-state index < -0.39 is 0 Å². The fraction of sp³-hybridized carbons (Fsp3) is 0.217. The van der Waals surface area contributed by atoms with Gasteiger partial charge in [-0.15, -0.1) is 0 Å². The monoisotopic (exact) mass is 378 g/mol. The molecule has 0 bridgehead atoms. The molecule has 0 radical (unpaired) electrons. The van der Waals surface area contributed by atoms with Crippen molar-refractivity contribution in [3.63, 3.8) is 0 Å². The van der Waals surface area contributed by atoms with Gasteiger partial charge in [0.1, 0.15) is 0 Å². The molecule has 3 aromatic rings. The van der Waals surface area contributed by atoms with Gasteiger partial charge in [-0.2, -0.15) is 0 Å². The highest BCUT2D eigenvalue weighted by atomic mass is 79.9. The van der Waals surface area contributed by atoms with Crippen LogP contribution in [0.5, 0.6) is 0 Å². The van der Waals surface area contributed by atoms with Gasteiger partial charge in [-0.05, 0) is 42.4 Å². The lowest BCUT2D eigenvalue weighted by molar-refractivity contribution is 0.536. The Bertz CT molecular complexity index is 676. The Morgan fingerprint density at radius 1 is 0.542 bits per heavy atom. The summed E-state index contributed by atoms with van der Waals surface area (Å²) < 4.78 is 0.0138. The molecule has 0 aromatic heterocycles. The average Bonchev–Trinajstić information content (AvgIpc) is 2.67. The summed E-state index contributed by atoms with van der Waals surface area (Å²) in [6, 6.07) is 32.4. The van der Waals surface area contributed by atoms with E-state index in [0.29, 0.717) is 0 Å². The Labute approximate surface area is 153 Å². The Kier molecular flexibility index (Phi) is 5.87. The van der Waals surface area contributed by atoms with E-state index in [2.05, 4.69) is 107 Å². The predicted octanol–water partition coefficient (Wildman–Crippen LogP) is 6.54. The summed E-state index contributed by atoms with van der Waals surface area (Å²) >= 11 is 4.11. The van der Waals surface area contributed by atoms with Crippen LogP contribution in [-0.2, 0) is 17.2 Å². The summed E-state index contributed by atoms with van der Waals surface area (Å²) in [5.74, 6) is 0. The van der Waals surface area contributed by atoms with Crippen LogP contribution in [-0.4, -0.2) is 0 Å². The second-order valence-corrected chi connectivity index (χ2v) is 7.82. The van der Waals surface area contributed by atoms with Crippen molar-refractivity contribution in [2.75, 3.05) is 0 Å². The van der Waals surface area contributed by atoms with Crippen molar-refractivity contribution in [1.29, 1.82) is 0 Å². The minimum absolute atomic E-state index is 0.0138. The molecule has 0 aliphatic heterocycles. The third-order valence-corrected chi connectivity index (χ3v) is 5.85. The third-order valence-electron chi connectivity index (χ3n) is 4.60. The van der Waals surface area contributed by atoms with Gasteiger partial charge in [0.2, 0.25) is 0 Å². The summed E-state index contributed by atoms with van der Waals surface area (Å²) in [6.07, 6.45) is 4.34. The lowest BCUT2D eigenvalue weighted by Crippen LogP contribution is -2.20. The molecular weight excluding hydrogens is 356 g/mol. The molecule has 24 heavy (non-hydrogen) atoms. The molecule has 3 rings (SSSR count). The molecule has 0 aliphatic carbocycles. The number of halogens is 1. The quantitative estimate of drug-likeness (QED) is 0.409. The molecule has 0 spiro atoms. The normalized spacial score (nSPS) is 11.4. The van der Waals surface area contributed by atoms with E-state index in [0.717, 1.165) is 25.7 Å². The van der Waals surface area contributed by atoms with Crippen LogP contribution in [0.4, 0.5) is 0 Å². The van der Waals surface area contributed by atoms with Crippen LogP contribution < -0.4 is 0 Å². The standard InChI is InChI=1S/C23H23Br/c24-23(22-14-8-3-9-15-22,18-16-20-10-4-1-5-11-20)19-17-21-12-6-2-7-13-21/h1-15H,16-19H2. The minimum Gasteiger partial charge on any atom is -0.0801 e. The van der Waals surface area contributed by atoms with Gasteiger partial charge in [0.25, 0.3) is 0 Å². The van der Waals surface area contributed by atoms with Crippen LogP contribution in [0.3, 0.4) is 0 Å². The number of hydrogen-bond donors (Lipinski definition) is 0. The van der Waals surface area contributed by atoms with Gasteiger partial charge in [0, 0.05) is 0 Å². The van der Waals surface area contributed by atoms with Crippen molar-refractivity contribution < 1.29 is 0 Å². The SMILES string of the molecule is BrC(CCc1ccccc1)(CCc1ccccc1)c1ccccc1. The fourth-order valence-corrected chi connectivity index (χ4v) is 3.79. The Morgan fingerprint density at radius 2 is 0.917 bits per heavy atom. The van der Waals surface area contributed by atoms with E-state index >= 15 is 0 Å². The molecule has 0 aliphatic rings. The zero-order chi connectivity index (χ0) is 16.7. The van der Waals surface area contributed by atoms with Gasteiger partial charge in [0.05, 0.1) is 4.32 Å². The maximum atomic E-state index is 4.11. The van der Waals surface area contributed by atoms with Crippen LogP contribution in [0.15, 0.2) is 91.0 Å². The van der Waals surface area contributed by atoms with Crippen LogP contribution in [0.1, 0.15) is 29.5 Å². The lowest BCUT2D eigenvalue weighted by atomic mass is 9.87. The van der Waals surface area contributed by atoms with Gasteiger partial charge in [-0.3, -0.25) is 0 Å². The number of rotatable bonds is 7. The van der Waals surface area contributed by atoms with Crippen molar-refractivity contribution >= 4 is 15.9 Å². The van der Waals surface area contributed by atoms with E-state index in [-0.39, 0.29) is 4.32 Å². The Hall–Kier alpha value is -1.86. The number of alkyl halides is 1. The molecular formula is C23H23Br. The first-order chi connectivity index (χ1) is 11.8. The van der Waals surface area contributed by atoms with Crippen LogP contribution in [0, 0.1) is 0 Å². The smallest absolute Gasteiger partial charge is 0.0512 e. The highest BCUT2D eigenvalue weighted by molar-refractivity contribution is 9.09. The van der Waals surface area contributed by atoms with Crippen LogP contribution in [0.25, 0.3) is 0 Å². The van der Waals surface area contributed by atoms with E-state index in [9.17, 15) is 0 Å². The van der Waals surface area contributed by atoms with Crippen LogP contribution >= 0.6 is 15.9 Å². The fourth-order valence-electron chi connectivity index (χ4n) is 3.12. The van der Waals surface area contributed by atoms with Gasteiger partial charge in [-0.25, -0.2) is 0 Å². The summed E-state index contributed by atoms with van der Waals surface area (Å²) in [5, 5.41) is 0. The Balaban J connectivity index is 1.75. The lowest BCUT2D eigenvalue weighted by Gasteiger charge is -2.28. The molecule has 1 heteroatoms. The van der Waals surface area contributed by atoms with Gasteiger partial charge < -0.3 is 0 Å².